The molecule has 3 aromatic carbocycles. The van der Waals surface area contributed by atoms with Gasteiger partial charge in [0.1, 0.15) is 24.1 Å². The van der Waals surface area contributed by atoms with Crippen LogP contribution in [-0.2, 0) is 15.1 Å². The van der Waals surface area contributed by atoms with Gasteiger partial charge in [-0.25, -0.2) is 0 Å². The third kappa shape index (κ3) is 4.07. The summed E-state index contributed by atoms with van der Waals surface area (Å²) in [5.74, 6) is 0.663. The van der Waals surface area contributed by atoms with Crippen molar-refractivity contribution in [2.45, 2.75) is 25.6 Å². The first kappa shape index (κ1) is 20.5. The molecule has 1 amide bonds. The normalized spacial score (nSPS) is 19.7. The molecule has 2 atom stereocenters. The molecule has 4 rings (SSSR count). The highest BCUT2D eigenvalue weighted by atomic mass is 35.5. The Balaban J connectivity index is 1.71. The Morgan fingerprint density at radius 3 is 2.43 bits per heavy atom. The fourth-order valence-corrected chi connectivity index (χ4v) is 4.01. The van der Waals surface area contributed by atoms with Crippen LogP contribution in [0.3, 0.4) is 0 Å². The van der Waals surface area contributed by atoms with Crippen molar-refractivity contribution in [2.75, 3.05) is 18.1 Å². The molecule has 2 unspecified atom stereocenters. The number of nitrogens with zero attached hydrogens (tertiary/aromatic N) is 1. The van der Waals surface area contributed by atoms with Gasteiger partial charge in [-0.15, -0.1) is 0 Å². The van der Waals surface area contributed by atoms with Crippen molar-refractivity contribution in [3.05, 3.63) is 95.0 Å². The van der Waals surface area contributed by atoms with Crippen LogP contribution in [0.1, 0.15) is 25.0 Å². The second kappa shape index (κ2) is 8.50. The molecular formula is C25H24ClNO3. The average molecular weight is 422 g/mol. The summed E-state index contributed by atoms with van der Waals surface area (Å²) in [7, 11) is 0. The quantitative estimate of drug-likeness (QED) is 0.551. The monoisotopic (exact) mass is 421 g/mol. The molecule has 1 aliphatic rings. The lowest BCUT2D eigenvalue weighted by molar-refractivity contribution is -0.127. The Labute approximate surface area is 182 Å². The average Bonchev–Trinajstić information content (AvgIpc) is 2.86. The van der Waals surface area contributed by atoms with E-state index in [1.165, 1.54) is 0 Å². The highest BCUT2D eigenvalue weighted by Crippen LogP contribution is 2.42. The van der Waals surface area contributed by atoms with Crippen molar-refractivity contribution in [1.82, 2.24) is 0 Å². The summed E-state index contributed by atoms with van der Waals surface area (Å²) < 4.78 is 12.2. The zero-order valence-electron chi connectivity index (χ0n) is 17.0. The van der Waals surface area contributed by atoms with Crippen LogP contribution in [0.15, 0.2) is 78.9 Å². The van der Waals surface area contributed by atoms with Crippen molar-refractivity contribution in [1.29, 1.82) is 0 Å². The van der Waals surface area contributed by atoms with E-state index in [2.05, 4.69) is 0 Å². The zero-order valence-corrected chi connectivity index (χ0v) is 17.8. The molecule has 0 aromatic heterocycles. The van der Waals surface area contributed by atoms with Gasteiger partial charge in [0.05, 0.1) is 12.2 Å². The van der Waals surface area contributed by atoms with Crippen molar-refractivity contribution in [2.24, 2.45) is 0 Å². The Bertz CT molecular complexity index is 1030. The van der Waals surface area contributed by atoms with Crippen molar-refractivity contribution >= 4 is 23.2 Å². The maximum Gasteiger partial charge on any atom is 0.253 e. The molecule has 0 saturated heterocycles. The van der Waals surface area contributed by atoms with Gasteiger partial charge < -0.3 is 14.4 Å². The van der Waals surface area contributed by atoms with Gasteiger partial charge in [0.25, 0.3) is 5.91 Å². The standard InChI is InChI=1S/C25H24ClNO3/c1-18(30-21-11-7-4-8-12-21)16-27-23-14-13-20(26)15-22(23)25(2,29-17-24(27)28)19-9-5-3-6-10-19/h3-15,18H,16-17H2,1-2H3. The van der Waals surface area contributed by atoms with E-state index >= 15 is 0 Å². The number of carbonyl (C=O) groups excluding carboxylic acids is 1. The highest BCUT2D eigenvalue weighted by molar-refractivity contribution is 6.30. The number of ether oxygens (including phenoxy) is 2. The molecule has 3 aromatic rings. The number of hydrogen-bond acceptors (Lipinski definition) is 3. The Morgan fingerprint density at radius 2 is 1.73 bits per heavy atom. The Hall–Kier alpha value is -2.82. The van der Waals surface area contributed by atoms with Crippen LogP contribution in [-0.4, -0.2) is 25.2 Å². The highest BCUT2D eigenvalue weighted by Gasteiger charge is 2.39. The van der Waals surface area contributed by atoms with Gasteiger partial charge >= 0.3 is 0 Å². The van der Waals surface area contributed by atoms with Crippen molar-refractivity contribution in [3.63, 3.8) is 0 Å². The molecule has 0 radical (unpaired) electrons. The van der Waals surface area contributed by atoms with E-state index in [4.69, 9.17) is 21.1 Å². The molecule has 0 aliphatic carbocycles. The van der Waals surface area contributed by atoms with E-state index < -0.39 is 5.60 Å². The summed E-state index contributed by atoms with van der Waals surface area (Å²) in [5.41, 5.74) is 1.82. The van der Waals surface area contributed by atoms with Gasteiger partial charge in [0.2, 0.25) is 0 Å². The number of halogens is 1. The van der Waals surface area contributed by atoms with Gasteiger partial charge in [0.15, 0.2) is 0 Å². The van der Waals surface area contributed by atoms with Crippen LogP contribution in [0.5, 0.6) is 5.75 Å². The third-order valence-corrected chi connectivity index (χ3v) is 5.63. The number of rotatable bonds is 5. The molecule has 154 valence electrons. The summed E-state index contributed by atoms with van der Waals surface area (Å²) >= 11 is 6.36. The molecule has 4 nitrogen and oxygen atoms in total. The first-order valence-electron chi connectivity index (χ1n) is 9.99. The molecule has 0 N–H and O–H groups in total. The molecule has 30 heavy (non-hydrogen) atoms. The zero-order chi connectivity index (χ0) is 21.1. The Morgan fingerprint density at radius 1 is 1.07 bits per heavy atom. The topological polar surface area (TPSA) is 38.8 Å². The van der Waals surface area contributed by atoms with Crippen LogP contribution in [0, 0.1) is 0 Å². The van der Waals surface area contributed by atoms with Gasteiger partial charge in [-0.2, -0.15) is 0 Å². The molecular weight excluding hydrogens is 398 g/mol. The summed E-state index contributed by atoms with van der Waals surface area (Å²) in [5, 5.41) is 0.599. The van der Waals surface area contributed by atoms with Crippen LogP contribution in [0.25, 0.3) is 0 Å². The fraction of sp³-hybridized carbons (Fsp3) is 0.240. The first-order chi connectivity index (χ1) is 14.5. The number of benzene rings is 3. The number of hydrogen-bond donors (Lipinski definition) is 0. The van der Waals surface area contributed by atoms with E-state index in [1.807, 2.05) is 86.6 Å². The molecule has 1 heterocycles. The molecule has 0 spiro atoms. The molecule has 0 bridgehead atoms. The summed E-state index contributed by atoms with van der Waals surface area (Å²) in [6.07, 6.45) is -0.207. The lowest BCUT2D eigenvalue weighted by atomic mass is 9.86. The second-order valence-corrected chi connectivity index (χ2v) is 8.03. The predicted octanol–water partition coefficient (Wildman–Crippen LogP) is 5.43. The summed E-state index contributed by atoms with van der Waals surface area (Å²) in [6.45, 7) is 4.31. The van der Waals surface area contributed by atoms with E-state index in [0.717, 1.165) is 22.6 Å². The van der Waals surface area contributed by atoms with E-state index in [1.54, 1.807) is 11.0 Å². The van der Waals surface area contributed by atoms with E-state index in [0.29, 0.717) is 11.6 Å². The minimum absolute atomic E-state index is 0.0320. The van der Waals surface area contributed by atoms with Crippen LogP contribution >= 0.6 is 11.6 Å². The lowest BCUT2D eigenvalue weighted by Crippen LogP contribution is -2.40. The molecule has 0 fully saturated rings. The number of anilines is 1. The molecule has 1 aliphatic heterocycles. The van der Waals surface area contributed by atoms with Gasteiger partial charge in [0, 0.05) is 10.6 Å². The third-order valence-electron chi connectivity index (χ3n) is 5.39. The molecule has 0 saturated carbocycles. The largest absolute Gasteiger partial charge is 0.489 e. The van der Waals surface area contributed by atoms with Gasteiger partial charge in [-0.05, 0) is 49.7 Å². The van der Waals surface area contributed by atoms with E-state index in [9.17, 15) is 4.79 Å². The minimum Gasteiger partial charge on any atom is -0.489 e. The van der Waals surface area contributed by atoms with Crippen LogP contribution < -0.4 is 9.64 Å². The van der Waals surface area contributed by atoms with Crippen molar-refractivity contribution in [3.8, 4) is 5.75 Å². The lowest BCUT2D eigenvalue weighted by Gasteiger charge is -2.31. The smallest absolute Gasteiger partial charge is 0.253 e. The number of para-hydroxylation sites is 1. The van der Waals surface area contributed by atoms with Crippen molar-refractivity contribution < 1.29 is 14.3 Å². The molecule has 5 heteroatoms. The number of carbonyl (C=O) groups is 1. The van der Waals surface area contributed by atoms with Gasteiger partial charge in [-0.3, -0.25) is 4.79 Å². The second-order valence-electron chi connectivity index (χ2n) is 7.60. The van der Waals surface area contributed by atoms with Gasteiger partial charge in [-0.1, -0.05) is 60.1 Å². The minimum atomic E-state index is -0.796. The number of amides is 1. The SMILES string of the molecule is CC(CN1C(=O)COC(C)(c2ccccc2)c2cc(Cl)ccc21)Oc1ccccc1. The van der Waals surface area contributed by atoms with Crippen LogP contribution in [0.4, 0.5) is 5.69 Å². The van der Waals surface area contributed by atoms with Crippen LogP contribution in [0.2, 0.25) is 5.02 Å². The number of fused-ring (bicyclic) bond motifs is 1. The fourth-order valence-electron chi connectivity index (χ4n) is 3.84. The summed E-state index contributed by atoms with van der Waals surface area (Å²) in [4.78, 5) is 14.8. The maximum atomic E-state index is 13.1. The maximum absolute atomic E-state index is 13.1. The Kier molecular flexibility index (Phi) is 5.80. The van der Waals surface area contributed by atoms with E-state index in [-0.39, 0.29) is 18.6 Å². The predicted molar refractivity (Wildman–Crippen MR) is 119 cm³/mol. The first-order valence-corrected chi connectivity index (χ1v) is 10.4. The summed E-state index contributed by atoms with van der Waals surface area (Å²) in [6, 6.07) is 25.1.